The number of carbonyl (C=O) groups is 2. The number of nitrogens with one attached hydrogen (secondary N) is 2. The van der Waals surface area contributed by atoms with E-state index >= 15 is 0 Å². The fraction of sp³-hybridized carbons (Fsp3) is 0.158. The van der Waals surface area contributed by atoms with Gasteiger partial charge in [-0.25, -0.2) is 0 Å². The van der Waals surface area contributed by atoms with Crippen molar-refractivity contribution >= 4 is 28.5 Å². The number of hydrogen-bond acceptors (Lipinski definition) is 3. The van der Waals surface area contributed by atoms with Crippen LogP contribution in [0, 0.1) is 0 Å². The first kappa shape index (κ1) is 15.8. The Morgan fingerprint density at radius 2 is 1.83 bits per heavy atom. The fourth-order valence-electron chi connectivity index (χ4n) is 2.51. The summed E-state index contributed by atoms with van der Waals surface area (Å²) in [5.74, 6) is 0.293. The highest BCUT2D eigenvalue weighted by atomic mass is 16.3. The molecule has 0 aliphatic rings. The summed E-state index contributed by atoms with van der Waals surface area (Å²) in [4.78, 5) is 23.5. The molecule has 0 aliphatic carbocycles. The van der Waals surface area contributed by atoms with Gasteiger partial charge in [0.05, 0.1) is 6.04 Å². The predicted octanol–water partition coefficient (Wildman–Crippen LogP) is 3.88. The molecule has 2 aromatic carbocycles. The van der Waals surface area contributed by atoms with E-state index in [1.54, 1.807) is 24.3 Å². The molecule has 0 spiro atoms. The van der Waals surface area contributed by atoms with Crippen LogP contribution in [-0.2, 0) is 4.79 Å². The third-order valence-electron chi connectivity index (χ3n) is 3.66. The van der Waals surface area contributed by atoms with Gasteiger partial charge in [-0.3, -0.25) is 9.59 Å². The van der Waals surface area contributed by atoms with Crippen molar-refractivity contribution in [3.63, 3.8) is 0 Å². The molecular weight excluding hydrogens is 304 g/mol. The standard InChI is InChI=1S/C19H18N2O3/c1-12(18-11-14-6-3-4-9-17(14)24-18)20-19(23)15-7-5-8-16(10-15)21-13(2)22/h3-12H,1-2H3,(H,20,23)(H,21,22)/t12-/m1/s1. The first-order chi connectivity index (χ1) is 11.5. The number of carbonyl (C=O) groups excluding carboxylic acids is 2. The number of amides is 2. The molecule has 0 fully saturated rings. The highest BCUT2D eigenvalue weighted by Gasteiger charge is 2.15. The molecular formula is C19H18N2O3. The zero-order valence-electron chi connectivity index (χ0n) is 13.5. The van der Waals surface area contributed by atoms with E-state index in [2.05, 4.69) is 10.6 Å². The van der Waals surface area contributed by atoms with Crippen LogP contribution >= 0.6 is 0 Å². The monoisotopic (exact) mass is 322 g/mol. The van der Waals surface area contributed by atoms with Crippen molar-refractivity contribution in [2.75, 3.05) is 5.32 Å². The lowest BCUT2D eigenvalue weighted by atomic mass is 10.1. The van der Waals surface area contributed by atoms with Gasteiger partial charge < -0.3 is 15.1 Å². The summed E-state index contributed by atoms with van der Waals surface area (Å²) < 4.78 is 5.77. The van der Waals surface area contributed by atoms with E-state index in [1.807, 2.05) is 37.3 Å². The van der Waals surface area contributed by atoms with E-state index in [4.69, 9.17) is 4.42 Å². The second-order valence-electron chi connectivity index (χ2n) is 5.64. The molecule has 5 nitrogen and oxygen atoms in total. The van der Waals surface area contributed by atoms with Gasteiger partial charge in [-0.15, -0.1) is 0 Å². The molecule has 0 saturated heterocycles. The second-order valence-corrected chi connectivity index (χ2v) is 5.64. The largest absolute Gasteiger partial charge is 0.459 e. The minimum atomic E-state index is -0.269. The van der Waals surface area contributed by atoms with Gasteiger partial charge in [-0.05, 0) is 37.3 Å². The van der Waals surface area contributed by atoms with Crippen LogP contribution in [0.15, 0.2) is 59.0 Å². The van der Waals surface area contributed by atoms with Crippen LogP contribution in [-0.4, -0.2) is 11.8 Å². The minimum Gasteiger partial charge on any atom is -0.459 e. The van der Waals surface area contributed by atoms with Crippen molar-refractivity contribution in [1.29, 1.82) is 0 Å². The van der Waals surface area contributed by atoms with Gasteiger partial charge in [0, 0.05) is 23.6 Å². The van der Waals surface area contributed by atoms with Crippen LogP contribution in [0.5, 0.6) is 0 Å². The van der Waals surface area contributed by atoms with Crippen LogP contribution in [0.4, 0.5) is 5.69 Å². The fourth-order valence-corrected chi connectivity index (χ4v) is 2.51. The topological polar surface area (TPSA) is 71.3 Å². The lowest BCUT2D eigenvalue weighted by molar-refractivity contribution is -0.114. The van der Waals surface area contributed by atoms with Crippen molar-refractivity contribution in [3.8, 4) is 0 Å². The third kappa shape index (κ3) is 3.46. The van der Waals surface area contributed by atoms with Crippen molar-refractivity contribution in [2.45, 2.75) is 19.9 Å². The van der Waals surface area contributed by atoms with Crippen LogP contribution in [0.2, 0.25) is 0 Å². The van der Waals surface area contributed by atoms with Crippen LogP contribution in [0.3, 0.4) is 0 Å². The molecule has 122 valence electrons. The maximum atomic E-state index is 12.4. The van der Waals surface area contributed by atoms with E-state index in [0.29, 0.717) is 17.0 Å². The first-order valence-electron chi connectivity index (χ1n) is 7.70. The predicted molar refractivity (Wildman–Crippen MR) is 92.8 cm³/mol. The molecule has 5 heteroatoms. The SMILES string of the molecule is CC(=O)Nc1cccc(C(=O)N[C@H](C)c2cc3ccccc3o2)c1. The molecule has 2 amide bonds. The number of rotatable bonds is 4. The molecule has 24 heavy (non-hydrogen) atoms. The smallest absolute Gasteiger partial charge is 0.251 e. The number of furan rings is 1. The second kappa shape index (κ2) is 6.58. The number of para-hydroxylation sites is 1. The van der Waals surface area contributed by atoms with Crippen LogP contribution < -0.4 is 10.6 Å². The maximum Gasteiger partial charge on any atom is 0.251 e. The summed E-state index contributed by atoms with van der Waals surface area (Å²) in [6.45, 7) is 3.30. The first-order valence-corrected chi connectivity index (χ1v) is 7.70. The Morgan fingerprint density at radius 3 is 2.58 bits per heavy atom. The highest BCUT2D eigenvalue weighted by molar-refractivity contribution is 5.97. The zero-order valence-corrected chi connectivity index (χ0v) is 13.5. The quantitative estimate of drug-likeness (QED) is 0.765. The molecule has 0 saturated carbocycles. The Labute approximate surface area is 139 Å². The highest BCUT2D eigenvalue weighted by Crippen LogP contribution is 2.24. The Morgan fingerprint density at radius 1 is 1.04 bits per heavy atom. The van der Waals surface area contributed by atoms with Gasteiger partial charge in [-0.2, -0.15) is 0 Å². The van der Waals surface area contributed by atoms with E-state index < -0.39 is 0 Å². The van der Waals surface area contributed by atoms with E-state index in [9.17, 15) is 9.59 Å². The van der Waals surface area contributed by atoms with Crippen molar-refractivity contribution in [2.24, 2.45) is 0 Å². The minimum absolute atomic E-state index is 0.178. The average Bonchev–Trinajstić information content (AvgIpc) is 2.98. The number of benzene rings is 2. The molecule has 0 aliphatic heterocycles. The summed E-state index contributed by atoms with van der Waals surface area (Å²) in [5, 5.41) is 6.58. The summed E-state index contributed by atoms with van der Waals surface area (Å²) in [6.07, 6.45) is 0. The molecule has 0 radical (unpaired) electrons. The van der Waals surface area contributed by atoms with E-state index in [0.717, 1.165) is 11.0 Å². The van der Waals surface area contributed by atoms with E-state index in [-0.39, 0.29) is 17.9 Å². The maximum absolute atomic E-state index is 12.4. The van der Waals surface area contributed by atoms with Crippen LogP contribution in [0.1, 0.15) is 36.0 Å². The molecule has 1 heterocycles. The summed E-state index contributed by atoms with van der Waals surface area (Å²) in [7, 11) is 0. The Kier molecular flexibility index (Phi) is 4.33. The molecule has 2 N–H and O–H groups in total. The average molecular weight is 322 g/mol. The van der Waals surface area contributed by atoms with Crippen molar-refractivity contribution < 1.29 is 14.0 Å². The molecule has 0 bridgehead atoms. The summed E-state index contributed by atoms with van der Waals surface area (Å²) in [6, 6.07) is 16.2. The van der Waals surface area contributed by atoms with Gasteiger partial charge >= 0.3 is 0 Å². The van der Waals surface area contributed by atoms with Crippen molar-refractivity contribution in [1.82, 2.24) is 5.32 Å². The number of fused-ring (bicyclic) bond motifs is 1. The Hall–Kier alpha value is -3.08. The van der Waals surface area contributed by atoms with Gasteiger partial charge in [0.1, 0.15) is 11.3 Å². The molecule has 1 atom stereocenters. The van der Waals surface area contributed by atoms with Gasteiger partial charge in [-0.1, -0.05) is 24.3 Å². The van der Waals surface area contributed by atoms with Gasteiger partial charge in [0.15, 0.2) is 0 Å². The molecule has 1 aromatic heterocycles. The lowest BCUT2D eigenvalue weighted by Gasteiger charge is -2.12. The third-order valence-corrected chi connectivity index (χ3v) is 3.66. The summed E-state index contributed by atoms with van der Waals surface area (Å²) >= 11 is 0. The zero-order chi connectivity index (χ0) is 17.1. The van der Waals surface area contributed by atoms with Gasteiger partial charge in [0.25, 0.3) is 5.91 Å². The Bertz CT molecular complexity index is 865. The normalized spacial score (nSPS) is 11.9. The van der Waals surface area contributed by atoms with Crippen molar-refractivity contribution in [3.05, 3.63) is 65.9 Å². The molecule has 3 rings (SSSR count). The van der Waals surface area contributed by atoms with Crippen LogP contribution in [0.25, 0.3) is 11.0 Å². The summed E-state index contributed by atoms with van der Waals surface area (Å²) in [5.41, 5.74) is 1.86. The molecule has 0 unspecified atom stereocenters. The number of anilines is 1. The number of hydrogen-bond donors (Lipinski definition) is 2. The Balaban J connectivity index is 1.75. The van der Waals surface area contributed by atoms with Gasteiger partial charge in [0.2, 0.25) is 5.91 Å². The van der Waals surface area contributed by atoms with E-state index in [1.165, 1.54) is 6.92 Å². The molecule has 3 aromatic rings. The lowest BCUT2D eigenvalue weighted by Crippen LogP contribution is -2.26.